The number of hydrogen-bond donors (Lipinski definition) is 2. The van der Waals surface area contributed by atoms with Gasteiger partial charge in [-0.3, -0.25) is 9.79 Å². The van der Waals surface area contributed by atoms with Crippen LogP contribution in [0.25, 0.3) is 0 Å². The molecule has 0 bridgehead atoms. The van der Waals surface area contributed by atoms with Crippen molar-refractivity contribution < 1.29 is 4.79 Å². The Balaban J connectivity index is 2.31. The third kappa shape index (κ3) is 6.78. The van der Waals surface area contributed by atoms with Crippen LogP contribution in [0.2, 0.25) is 0 Å². The van der Waals surface area contributed by atoms with Crippen LogP contribution in [0.4, 0.5) is 0 Å². The topological polar surface area (TPSA) is 56.7 Å². The molecule has 0 saturated carbocycles. The molecular formula is C15H30N4O. The van der Waals surface area contributed by atoms with E-state index in [0.29, 0.717) is 11.9 Å². The highest BCUT2D eigenvalue weighted by atomic mass is 16.2. The molecule has 0 aliphatic carbocycles. The van der Waals surface area contributed by atoms with Crippen LogP contribution in [-0.2, 0) is 4.79 Å². The second kappa shape index (κ2) is 9.61. The quantitative estimate of drug-likeness (QED) is 0.443. The number of carbonyl (C=O) groups is 1. The number of aliphatic imine (C=N–C) groups is 1. The van der Waals surface area contributed by atoms with E-state index in [4.69, 9.17) is 0 Å². The van der Waals surface area contributed by atoms with Gasteiger partial charge in [0.25, 0.3) is 0 Å². The number of carbonyl (C=O) groups excluding carboxylic acids is 1. The molecule has 1 aliphatic heterocycles. The Kier molecular flexibility index (Phi) is 8.07. The van der Waals surface area contributed by atoms with E-state index in [-0.39, 0.29) is 0 Å². The first-order valence-corrected chi connectivity index (χ1v) is 7.96. The Morgan fingerprint density at radius 3 is 2.85 bits per heavy atom. The fraction of sp³-hybridized carbons (Fsp3) is 0.867. The lowest BCUT2D eigenvalue weighted by Crippen LogP contribution is -2.41. The third-order valence-electron chi connectivity index (χ3n) is 3.30. The maximum absolute atomic E-state index is 11.9. The minimum Gasteiger partial charge on any atom is -0.357 e. The van der Waals surface area contributed by atoms with Crippen molar-refractivity contribution in [2.24, 2.45) is 4.99 Å². The van der Waals surface area contributed by atoms with Gasteiger partial charge < -0.3 is 15.5 Å². The summed E-state index contributed by atoms with van der Waals surface area (Å²) in [5, 5.41) is 6.53. The zero-order chi connectivity index (χ0) is 14.8. The van der Waals surface area contributed by atoms with Gasteiger partial charge in [0, 0.05) is 38.6 Å². The highest BCUT2D eigenvalue weighted by Crippen LogP contribution is 2.11. The molecule has 1 saturated heterocycles. The molecular weight excluding hydrogens is 252 g/mol. The average molecular weight is 282 g/mol. The first kappa shape index (κ1) is 16.8. The Morgan fingerprint density at radius 1 is 1.35 bits per heavy atom. The summed E-state index contributed by atoms with van der Waals surface area (Å²) in [4.78, 5) is 18.4. The van der Waals surface area contributed by atoms with Crippen LogP contribution >= 0.6 is 0 Å². The van der Waals surface area contributed by atoms with Gasteiger partial charge in [0.15, 0.2) is 5.96 Å². The molecule has 1 fully saturated rings. The van der Waals surface area contributed by atoms with Gasteiger partial charge in [-0.15, -0.1) is 0 Å². The maximum Gasteiger partial charge on any atom is 0.222 e. The van der Waals surface area contributed by atoms with Crippen LogP contribution in [0.1, 0.15) is 52.9 Å². The lowest BCUT2D eigenvalue weighted by molar-refractivity contribution is -0.130. The van der Waals surface area contributed by atoms with E-state index in [1.807, 2.05) is 4.90 Å². The van der Waals surface area contributed by atoms with Crippen molar-refractivity contribution >= 4 is 11.9 Å². The predicted molar refractivity (Wildman–Crippen MR) is 83.9 cm³/mol. The van der Waals surface area contributed by atoms with Crippen molar-refractivity contribution in [3.05, 3.63) is 0 Å². The summed E-state index contributed by atoms with van der Waals surface area (Å²) < 4.78 is 0. The standard InChI is InChI=1S/C15H30N4O/c1-4-16-15(18-13(2)3)17-10-8-12-19-11-7-5-6-9-14(19)20/h13H,4-12H2,1-3H3,(H2,16,17,18). The summed E-state index contributed by atoms with van der Waals surface area (Å²) >= 11 is 0. The highest BCUT2D eigenvalue weighted by molar-refractivity contribution is 5.80. The summed E-state index contributed by atoms with van der Waals surface area (Å²) in [5.74, 6) is 1.18. The molecule has 5 nitrogen and oxygen atoms in total. The fourth-order valence-corrected chi connectivity index (χ4v) is 2.32. The van der Waals surface area contributed by atoms with Crippen LogP contribution in [0.5, 0.6) is 0 Å². The van der Waals surface area contributed by atoms with Gasteiger partial charge in [-0.2, -0.15) is 0 Å². The van der Waals surface area contributed by atoms with Crippen LogP contribution in [-0.4, -0.2) is 49.0 Å². The second-order valence-corrected chi connectivity index (χ2v) is 5.60. The number of hydrogen-bond acceptors (Lipinski definition) is 2. The van der Waals surface area contributed by atoms with Crippen molar-refractivity contribution in [3.8, 4) is 0 Å². The van der Waals surface area contributed by atoms with Gasteiger partial charge in [-0.05, 0) is 40.0 Å². The predicted octanol–water partition coefficient (Wildman–Crippen LogP) is 1.74. The van der Waals surface area contributed by atoms with Crippen molar-refractivity contribution in [3.63, 3.8) is 0 Å². The molecule has 0 unspecified atom stereocenters. The highest BCUT2D eigenvalue weighted by Gasteiger charge is 2.15. The second-order valence-electron chi connectivity index (χ2n) is 5.60. The summed E-state index contributed by atoms with van der Waals surface area (Å²) in [6.45, 7) is 9.64. The van der Waals surface area contributed by atoms with Gasteiger partial charge in [-0.1, -0.05) is 6.42 Å². The molecule has 1 rings (SSSR count). The normalized spacial score (nSPS) is 17.3. The lowest BCUT2D eigenvalue weighted by Gasteiger charge is -2.20. The first-order chi connectivity index (χ1) is 9.63. The molecule has 0 spiro atoms. The number of guanidine groups is 1. The zero-order valence-corrected chi connectivity index (χ0v) is 13.2. The minimum absolute atomic E-state index is 0.318. The summed E-state index contributed by atoms with van der Waals surface area (Å²) in [7, 11) is 0. The third-order valence-corrected chi connectivity index (χ3v) is 3.30. The van der Waals surface area contributed by atoms with Crippen molar-refractivity contribution in [2.75, 3.05) is 26.2 Å². The Morgan fingerprint density at radius 2 is 2.15 bits per heavy atom. The molecule has 116 valence electrons. The number of amides is 1. The van der Waals surface area contributed by atoms with E-state index >= 15 is 0 Å². The molecule has 0 atom stereocenters. The van der Waals surface area contributed by atoms with E-state index in [0.717, 1.165) is 57.8 Å². The average Bonchev–Trinajstić information content (AvgIpc) is 2.59. The maximum atomic E-state index is 11.9. The van der Waals surface area contributed by atoms with Crippen molar-refractivity contribution in [2.45, 2.75) is 58.9 Å². The Labute approximate surface area is 123 Å². The molecule has 2 N–H and O–H groups in total. The molecule has 0 radical (unpaired) electrons. The van der Waals surface area contributed by atoms with E-state index < -0.39 is 0 Å². The van der Waals surface area contributed by atoms with Crippen LogP contribution in [0, 0.1) is 0 Å². The van der Waals surface area contributed by atoms with Gasteiger partial charge in [-0.25, -0.2) is 0 Å². The monoisotopic (exact) mass is 282 g/mol. The SMILES string of the molecule is CCNC(=NCCCN1CCCCCC1=O)NC(C)C. The van der Waals surface area contributed by atoms with Crippen molar-refractivity contribution in [1.82, 2.24) is 15.5 Å². The lowest BCUT2D eigenvalue weighted by atomic mass is 10.2. The molecule has 1 aliphatic rings. The Bertz CT molecular complexity index is 315. The number of nitrogens with one attached hydrogen (secondary N) is 2. The van der Waals surface area contributed by atoms with Crippen LogP contribution in [0.3, 0.4) is 0 Å². The van der Waals surface area contributed by atoms with E-state index in [2.05, 4.69) is 36.4 Å². The summed E-state index contributed by atoms with van der Waals surface area (Å²) in [6.07, 6.45) is 5.04. The molecule has 0 aromatic rings. The molecule has 1 amide bonds. The molecule has 5 heteroatoms. The summed E-state index contributed by atoms with van der Waals surface area (Å²) in [5.41, 5.74) is 0. The first-order valence-electron chi connectivity index (χ1n) is 7.96. The number of rotatable bonds is 6. The summed E-state index contributed by atoms with van der Waals surface area (Å²) in [6, 6.07) is 0.375. The number of likely N-dealkylation sites (tertiary alicyclic amines) is 1. The molecule has 0 aromatic carbocycles. The van der Waals surface area contributed by atoms with E-state index in [9.17, 15) is 4.79 Å². The Hall–Kier alpha value is -1.26. The minimum atomic E-state index is 0.318. The number of nitrogens with zero attached hydrogens (tertiary/aromatic N) is 2. The van der Waals surface area contributed by atoms with Crippen LogP contribution in [0.15, 0.2) is 4.99 Å². The van der Waals surface area contributed by atoms with Gasteiger partial charge >= 0.3 is 0 Å². The smallest absolute Gasteiger partial charge is 0.222 e. The van der Waals surface area contributed by atoms with E-state index in [1.54, 1.807) is 0 Å². The van der Waals surface area contributed by atoms with E-state index in [1.165, 1.54) is 6.42 Å². The zero-order valence-electron chi connectivity index (χ0n) is 13.2. The molecule has 0 aromatic heterocycles. The largest absolute Gasteiger partial charge is 0.357 e. The van der Waals surface area contributed by atoms with Gasteiger partial charge in [0.1, 0.15) is 0 Å². The van der Waals surface area contributed by atoms with Gasteiger partial charge in [0.2, 0.25) is 5.91 Å². The fourth-order valence-electron chi connectivity index (χ4n) is 2.32. The van der Waals surface area contributed by atoms with Gasteiger partial charge in [0.05, 0.1) is 0 Å². The molecule has 1 heterocycles. The van der Waals surface area contributed by atoms with Crippen molar-refractivity contribution in [1.29, 1.82) is 0 Å². The molecule has 20 heavy (non-hydrogen) atoms. The van der Waals surface area contributed by atoms with Crippen LogP contribution < -0.4 is 10.6 Å².